The number of para-hydroxylation sites is 1. The minimum atomic E-state index is -4.48. The normalized spacial score (nSPS) is 12.5. The second-order valence-electron chi connectivity index (χ2n) is 7.00. The highest BCUT2D eigenvalue weighted by atomic mass is 35.5. The lowest BCUT2D eigenvalue weighted by molar-refractivity contribution is -0.137. The van der Waals surface area contributed by atoms with Gasteiger partial charge in [0.15, 0.2) is 5.82 Å². The third-order valence-electron chi connectivity index (χ3n) is 4.66. The summed E-state index contributed by atoms with van der Waals surface area (Å²) in [5.74, 6) is 0.533. The molecule has 0 spiro atoms. The number of hydrogen-bond donors (Lipinski definition) is 0. The smallest absolute Gasteiger partial charge is 0.416 e. The Morgan fingerprint density at radius 2 is 1.67 bits per heavy atom. The van der Waals surface area contributed by atoms with Crippen LogP contribution in [0, 0.1) is 0 Å². The van der Waals surface area contributed by atoms with Crippen LogP contribution in [0.25, 0.3) is 5.69 Å². The molecule has 170 valence electrons. The number of nitrogens with zero attached hydrogens (tertiary/aromatic N) is 3. The molecule has 5 nitrogen and oxygen atoms in total. The van der Waals surface area contributed by atoms with Crippen LogP contribution in [0.1, 0.15) is 17.0 Å². The molecule has 0 bridgehead atoms. The van der Waals surface area contributed by atoms with Crippen LogP contribution in [0.4, 0.5) is 13.2 Å². The monoisotopic (exact) mass is 491 g/mol. The van der Waals surface area contributed by atoms with E-state index in [2.05, 4.69) is 10.2 Å². The summed E-state index contributed by atoms with van der Waals surface area (Å²) in [6.45, 7) is -0.165. The molecule has 1 aromatic heterocycles. The van der Waals surface area contributed by atoms with Gasteiger partial charge in [0, 0.05) is 10.7 Å². The molecule has 0 radical (unpaired) electrons. The Balaban J connectivity index is 1.62. The van der Waals surface area contributed by atoms with E-state index in [0.29, 0.717) is 16.5 Å². The third-order valence-corrected chi connectivity index (χ3v) is 6.18. The van der Waals surface area contributed by atoms with Crippen LogP contribution in [0.3, 0.4) is 0 Å². The molecule has 0 aliphatic rings. The van der Waals surface area contributed by atoms with Gasteiger partial charge in [0.1, 0.15) is 12.4 Å². The van der Waals surface area contributed by atoms with Gasteiger partial charge in [0.2, 0.25) is 5.16 Å². The molecular formula is C23H17ClF3N3O2S. The predicted molar refractivity (Wildman–Crippen MR) is 119 cm³/mol. The molecule has 0 amide bonds. The van der Waals surface area contributed by atoms with Crippen molar-refractivity contribution in [1.29, 1.82) is 0 Å². The van der Waals surface area contributed by atoms with Crippen LogP contribution >= 0.6 is 11.6 Å². The van der Waals surface area contributed by atoms with Crippen LogP contribution in [0.5, 0.6) is 5.75 Å². The summed E-state index contributed by atoms with van der Waals surface area (Å²) in [6.07, 6.45) is -4.48. The Morgan fingerprint density at radius 3 is 2.36 bits per heavy atom. The van der Waals surface area contributed by atoms with Crippen LogP contribution in [-0.2, 0) is 29.3 Å². The summed E-state index contributed by atoms with van der Waals surface area (Å²) in [5, 5.41) is 8.99. The fourth-order valence-corrected chi connectivity index (χ4v) is 4.38. The number of alkyl halides is 3. The average molecular weight is 492 g/mol. The summed E-state index contributed by atoms with van der Waals surface area (Å²) in [4.78, 5) is 0. The highest BCUT2D eigenvalue weighted by Gasteiger charge is 2.30. The first-order valence-corrected chi connectivity index (χ1v) is 11.4. The number of rotatable bonds is 7. The van der Waals surface area contributed by atoms with Gasteiger partial charge in [-0.1, -0.05) is 48.0 Å². The fraction of sp³-hybridized carbons (Fsp3) is 0.130. The van der Waals surface area contributed by atoms with Gasteiger partial charge in [0.25, 0.3) is 0 Å². The van der Waals surface area contributed by atoms with Crippen molar-refractivity contribution in [1.82, 2.24) is 14.8 Å². The zero-order valence-electron chi connectivity index (χ0n) is 17.0. The first-order chi connectivity index (χ1) is 15.8. The van der Waals surface area contributed by atoms with Crippen LogP contribution in [0.2, 0.25) is 5.02 Å². The average Bonchev–Trinajstić information content (AvgIpc) is 3.23. The molecule has 0 aliphatic heterocycles. The maximum Gasteiger partial charge on any atom is 0.416 e. The van der Waals surface area contributed by atoms with Gasteiger partial charge in [-0.3, -0.25) is 8.78 Å². The molecule has 4 rings (SSSR count). The van der Waals surface area contributed by atoms with Gasteiger partial charge in [0.05, 0.1) is 22.1 Å². The summed E-state index contributed by atoms with van der Waals surface area (Å²) in [6, 6.07) is 20.6. The molecule has 1 atom stereocenters. The van der Waals surface area contributed by atoms with Crippen molar-refractivity contribution in [2.75, 3.05) is 0 Å². The summed E-state index contributed by atoms with van der Waals surface area (Å²) in [7, 11) is -1.55. The Bertz CT molecular complexity index is 1260. The van der Waals surface area contributed by atoms with E-state index >= 15 is 0 Å². The van der Waals surface area contributed by atoms with Gasteiger partial charge in [-0.25, -0.2) is 0 Å². The molecule has 0 fully saturated rings. The van der Waals surface area contributed by atoms with E-state index in [1.54, 1.807) is 53.1 Å². The molecule has 0 saturated heterocycles. The highest BCUT2D eigenvalue weighted by molar-refractivity contribution is 7.84. The van der Waals surface area contributed by atoms with Gasteiger partial charge < -0.3 is 4.74 Å². The lowest BCUT2D eigenvalue weighted by Gasteiger charge is -2.12. The molecule has 4 aromatic rings. The van der Waals surface area contributed by atoms with Crippen molar-refractivity contribution in [2.45, 2.75) is 23.7 Å². The number of hydrogen-bond acceptors (Lipinski definition) is 4. The van der Waals surface area contributed by atoms with Crippen molar-refractivity contribution in [3.8, 4) is 11.4 Å². The Hall–Kier alpha value is -3.17. The summed E-state index contributed by atoms with van der Waals surface area (Å²) < 4.78 is 59.3. The lowest BCUT2D eigenvalue weighted by Crippen LogP contribution is -2.11. The van der Waals surface area contributed by atoms with E-state index in [1.807, 2.05) is 6.07 Å². The molecule has 3 aromatic carbocycles. The first kappa shape index (κ1) is 23.0. The van der Waals surface area contributed by atoms with Crippen molar-refractivity contribution in [3.63, 3.8) is 0 Å². The zero-order valence-corrected chi connectivity index (χ0v) is 18.6. The summed E-state index contributed by atoms with van der Waals surface area (Å²) >= 11 is 5.92. The molecule has 0 aliphatic carbocycles. The van der Waals surface area contributed by atoms with Gasteiger partial charge in [-0.2, -0.15) is 13.2 Å². The van der Waals surface area contributed by atoms with Gasteiger partial charge in [-0.05, 0) is 48.0 Å². The van der Waals surface area contributed by atoms with E-state index in [9.17, 15) is 17.4 Å². The van der Waals surface area contributed by atoms with Gasteiger partial charge in [-0.15, -0.1) is 10.2 Å². The number of aromatic nitrogens is 3. The first-order valence-electron chi connectivity index (χ1n) is 9.74. The van der Waals surface area contributed by atoms with Gasteiger partial charge >= 0.3 is 6.18 Å². The maximum absolute atomic E-state index is 13.1. The van der Waals surface area contributed by atoms with Crippen LogP contribution in [-0.4, -0.2) is 19.0 Å². The molecule has 1 heterocycles. The molecular weight excluding hydrogens is 475 g/mol. The minimum absolute atomic E-state index is 0.0382. The van der Waals surface area contributed by atoms with Crippen molar-refractivity contribution < 1.29 is 22.1 Å². The summed E-state index contributed by atoms with van der Waals surface area (Å²) in [5.41, 5.74) is 0.654. The standard InChI is InChI=1S/C23H17ClF3N3O2S/c24-18-11-9-16(10-12-18)15-33(31)22-29-28-21(30(22)19-6-2-1-3-7-19)14-32-20-8-4-5-17(13-20)23(25,26)27/h1-13H,14-15H2/t33-/m1/s1. The molecule has 0 saturated carbocycles. The van der Waals surface area contributed by atoms with E-state index < -0.39 is 22.5 Å². The number of benzene rings is 3. The van der Waals surface area contributed by atoms with E-state index in [0.717, 1.165) is 17.7 Å². The Morgan fingerprint density at radius 1 is 0.939 bits per heavy atom. The van der Waals surface area contributed by atoms with Crippen molar-refractivity contribution >= 4 is 22.4 Å². The largest absolute Gasteiger partial charge is 0.486 e. The topological polar surface area (TPSA) is 57.0 Å². The van der Waals surface area contributed by atoms with E-state index in [4.69, 9.17) is 16.3 Å². The highest BCUT2D eigenvalue weighted by Crippen LogP contribution is 2.31. The van der Waals surface area contributed by atoms with Crippen molar-refractivity contribution in [3.05, 3.63) is 101 Å². The SMILES string of the molecule is O=[S@](Cc1ccc(Cl)cc1)c1nnc(COc2cccc(C(F)(F)F)c2)n1-c1ccccc1. The maximum atomic E-state index is 13.1. The van der Waals surface area contributed by atoms with Crippen LogP contribution < -0.4 is 4.74 Å². The Kier molecular flexibility index (Phi) is 6.80. The minimum Gasteiger partial charge on any atom is -0.486 e. The second kappa shape index (κ2) is 9.76. The zero-order chi connectivity index (χ0) is 23.4. The fourth-order valence-electron chi connectivity index (χ4n) is 3.08. The van der Waals surface area contributed by atoms with E-state index in [1.165, 1.54) is 12.1 Å². The third kappa shape index (κ3) is 5.61. The van der Waals surface area contributed by atoms with E-state index in [-0.39, 0.29) is 23.3 Å². The Labute approximate surface area is 195 Å². The number of ether oxygens (including phenoxy) is 1. The molecule has 10 heteroatoms. The van der Waals surface area contributed by atoms with Crippen molar-refractivity contribution in [2.24, 2.45) is 0 Å². The number of halogens is 4. The molecule has 0 N–H and O–H groups in total. The molecule has 0 unspecified atom stereocenters. The molecule has 33 heavy (non-hydrogen) atoms. The quantitative estimate of drug-likeness (QED) is 0.326. The predicted octanol–water partition coefficient (Wildman–Crippen LogP) is 5.83. The second-order valence-corrected chi connectivity index (χ2v) is 8.78. The van der Waals surface area contributed by atoms with Crippen LogP contribution in [0.15, 0.2) is 84.0 Å². The lowest BCUT2D eigenvalue weighted by atomic mass is 10.2.